The highest BCUT2D eigenvalue weighted by Gasteiger charge is 2.17. The van der Waals surface area contributed by atoms with Gasteiger partial charge in [-0.3, -0.25) is 9.59 Å². The van der Waals surface area contributed by atoms with Crippen LogP contribution >= 0.6 is 24.0 Å². The molecule has 0 saturated heterocycles. The van der Waals surface area contributed by atoms with Gasteiger partial charge in [0, 0.05) is 30.4 Å². The van der Waals surface area contributed by atoms with Gasteiger partial charge in [-0.15, -0.1) is 12.4 Å². The van der Waals surface area contributed by atoms with Crippen LogP contribution in [0.25, 0.3) is 0 Å². The van der Waals surface area contributed by atoms with E-state index in [1.54, 1.807) is 29.2 Å². The monoisotopic (exact) mass is 411 g/mol. The lowest BCUT2D eigenvalue weighted by molar-refractivity contribution is 0.0772. The predicted octanol–water partition coefficient (Wildman–Crippen LogP) is 4.09. The molecule has 2 aromatic carbocycles. The van der Waals surface area contributed by atoms with Crippen molar-refractivity contribution in [3.63, 3.8) is 0 Å². The molecule has 2 amide bonds. The Morgan fingerprint density at radius 3 is 2.44 bits per heavy atom. The van der Waals surface area contributed by atoms with Crippen LogP contribution in [-0.4, -0.2) is 36.9 Å². The van der Waals surface area contributed by atoms with Gasteiger partial charge in [-0.25, -0.2) is 0 Å². The molecule has 0 aromatic heterocycles. The maximum absolute atomic E-state index is 12.6. The Morgan fingerprint density at radius 2 is 1.85 bits per heavy atom. The number of nitrogen functional groups attached to an aromatic ring is 1. The molecule has 146 valence electrons. The topological polar surface area (TPSA) is 84.7 Å². The summed E-state index contributed by atoms with van der Waals surface area (Å²) in [4.78, 5) is 26.8. The van der Waals surface area contributed by atoms with E-state index in [1.807, 2.05) is 13.8 Å². The number of ether oxygens (including phenoxy) is 1. The summed E-state index contributed by atoms with van der Waals surface area (Å²) in [5, 5.41) is 3.03. The lowest BCUT2D eigenvalue weighted by atomic mass is 10.1. The van der Waals surface area contributed by atoms with E-state index in [1.165, 1.54) is 19.2 Å². The minimum absolute atomic E-state index is 0. The number of rotatable bonds is 6. The molecule has 3 N–H and O–H groups in total. The number of amides is 2. The summed E-state index contributed by atoms with van der Waals surface area (Å²) in [5.41, 5.74) is 7.33. The smallest absolute Gasteiger partial charge is 0.259 e. The van der Waals surface area contributed by atoms with Crippen molar-refractivity contribution in [3.8, 4) is 5.75 Å². The van der Waals surface area contributed by atoms with Gasteiger partial charge in [0.25, 0.3) is 11.8 Å². The normalized spacial score (nSPS) is 9.93. The van der Waals surface area contributed by atoms with Gasteiger partial charge in [-0.2, -0.15) is 0 Å². The summed E-state index contributed by atoms with van der Waals surface area (Å²) >= 11 is 6.01. The average molecular weight is 412 g/mol. The van der Waals surface area contributed by atoms with E-state index in [2.05, 4.69) is 5.32 Å². The van der Waals surface area contributed by atoms with Gasteiger partial charge in [0.15, 0.2) is 0 Å². The third-order valence-electron chi connectivity index (χ3n) is 3.98. The number of nitrogens with one attached hydrogen (secondary N) is 1. The molecule has 0 fully saturated rings. The quantitative estimate of drug-likeness (QED) is 0.700. The number of nitrogens with two attached hydrogens (primary N) is 1. The largest absolute Gasteiger partial charge is 0.496 e. The first kappa shape index (κ1) is 22.6. The van der Waals surface area contributed by atoms with Crippen LogP contribution in [0.2, 0.25) is 5.02 Å². The summed E-state index contributed by atoms with van der Waals surface area (Å²) in [6.45, 7) is 5.08. The number of carbonyl (C=O) groups excluding carboxylic acids is 2. The van der Waals surface area contributed by atoms with Crippen molar-refractivity contribution in [2.45, 2.75) is 13.8 Å². The molecule has 6 nitrogen and oxygen atoms in total. The minimum Gasteiger partial charge on any atom is -0.496 e. The van der Waals surface area contributed by atoms with Gasteiger partial charge in [0.2, 0.25) is 0 Å². The molecular weight excluding hydrogens is 389 g/mol. The number of anilines is 2. The molecule has 0 aliphatic rings. The lowest BCUT2D eigenvalue weighted by Gasteiger charge is -2.19. The summed E-state index contributed by atoms with van der Waals surface area (Å²) in [5.74, 6) is -0.171. The Morgan fingerprint density at radius 1 is 1.19 bits per heavy atom. The van der Waals surface area contributed by atoms with Gasteiger partial charge in [0.1, 0.15) is 5.75 Å². The molecule has 27 heavy (non-hydrogen) atoms. The molecule has 0 spiro atoms. The van der Waals surface area contributed by atoms with Gasteiger partial charge in [-0.05, 0) is 38.1 Å². The standard InChI is InChI=1S/C19H22ClN3O3.ClH/c1-4-23(5-2)19(25)12-7-6-8-13(9-12)22-18(24)14-10-15(20)16(21)11-17(14)26-3;/h6-11H,4-5,21H2,1-3H3,(H,22,24);1H. The molecule has 2 rings (SSSR count). The fraction of sp³-hybridized carbons (Fsp3) is 0.263. The Labute approximate surface area is 170 Å². The van der Waals surface area contributed by atoms with E-state index in [0.29, 0.717) is 35.8 Å². The number of carbonyl (C=O) groups is 2. The van der Waals surface area contributed by atoms with Crippen LogP contribution in [0.1, 0.15) is 34.6 Å². The van der Waals surface area contributed by atoms with E-state index in [-0.39, 0.29) is 28.9 Å². The molecule has 0 aliphatic carbocycles. The number of methoxy groups -OCH3 is 1. The highest BCUT2D eigenvalue weighted by atomic mass is 35.5. The first-order valence-electron chi connectivity index (χ1n) is 8.24. The number of halogens is 2. The number of benzene rings is 2. The van der Waals surface area contributed by atoms with Crippen LogP contribution in [0.3, 0.4) is 0 Å². The van der Waals surface area contributed by atoms with E-state index in [4.69, 9.17) is 22.1 Å². The first-order chi connectivity index (χ1) is 12.4. The van der Waals surface area contributed by atoms with Crippen molar-refractivity contribution in [1.29, 1.82) is 0 Å². The second kappa shape index (κ2) is 10.0. The van der Waals surface area contributed by atoms with Gasteiger partial charge in [-0.1, -0.05) is 17.7 Å². The van der Waals surface area contributed by atoms with Crippen molar-refractivity contribution < 1.29 is 14.3 Å². The summed E-state index contributed by atoms with van der Waals surface area (Å²) in [6, 6.07) is 9.75. The zero-order chi connectivity index (χ0) is 19.3. The second-order valence-electron chi connectivity index (χ2n) is 5.59. The SMILES string of the molecule is CCN(CC)C(=O)c1cccc(NC(=O)c2cc(Cl)c(N)cc2OC)c1.Cl. The van der Waals surface area contributed by atoms with Gasteiger partial charge in [0.05, 0.1) is 23.4 Å². The molecule has 0 aliphatic heterocycles. The van der Waals surface area contributed by atoms with Crippen molar-refractivity contribution in [1.82, 2.24) is 4.90 Å². The third-order valence-corrected chi connectivity index (χ3v) is 4.31. The summed E-state index contributed by atoms with van der Waals surface area (Å²) in [6.07, 6.45) is 0. The zero-order valence-electron chi connectivity index (χ0n) is 15.4. The molecule has 0 bridgehead atoms. The minimum atomic E-state index is -0.406. The second-order valence-corrected chi connectivity index (χ2v) is 5.99. The van der Waals surface area contributed by atoms with Gasteiger partial charge < -0.3 is 20.7 Å². The Balaban J connectivity index is 0.00000364. The molecule has 0 radical (unpaired) electrons. The van der Waals surface area contributed by atoms with Crippen LogP contribution in [0.15, 0.2) is 36.4 Å². The molecule has 2 aromatic rings. The molecule has 0 unspecified atom stereocenters. The Kier molecular flexibility index (Phi) is 8.40. The number of nitrogens with zero attached hydrogens (tertiary/aromatic N) is 1. The van der Waals surface area contributed by atoms with Crippen LogP contribution in [0.4, 0.5) is 11.4 Å². The molecular formula is C19H23Cl2N3O3. The van der Waals surface area contributed by atoms with Crippen LogP contribution in [0.5, 0.6) is 5.75 Å². The predicted molar refractivity (Wildman–Crippen MR) is 111 cm³/mol. The van der Waals surface area contributed by atoms with Crippen molar-refractivity contribution in [3.05, 3.63) is 52.5 Å². The zero-order valence-corrected chi connectivity index (χ0v) is 17.0. The van der Waals surface area contributed by atoms with Crippen molar-refractivity contribution in [2.75, 3.05) is 31.2 Å². The van der Waals surface area contributed by atoms with Crippen LogP contribution in [-0.2, 0) is 0 Å². The van der Waals surface area contributed by atoms with E-state index < -0.39 is 5.91 Å². The fourth-order valence-corrected chi connectivity index (χ4v) is 2.70. The maximum atomic E-state index is 12.6. The van der Waals surface area contributed by atoms with Crippen molar-refractivity contribution >= 4 is 47.2 Å². The summed E-state index contributed by atoms with van der Waals surface area (Å²) < 4.78 is 5.20. The van der Waals surface area contributed by atoms with Crippen LogP contribution < -0.4 is 15.8 Å². The maximum Gasteiger partial charge on any atom is 0.259 e. The highest BCUT2D eigenvalue weighted by molar-refractivity contribution is 6.33. The first-order valence-corrected chi connectivity index (χ1v) is 8.62. The van der Waals surface area contributed by atoms with E-state index >= 15 is 0 Å². The van der Waals surface area contributed by atoms with Crippen molar-refractivity contribution in [2.24, 2.45) is 0 Å². The molecule has 0 heterocycles. The fourth-order valence-electron chi connectivity index (χ4n) is 2.54. The van der Waals surface area contributed by atoms with Gasteiger partial charge >= 0.3 is 0 Å². The number of hydrogen-bond acceptors (Lipinski definition) is 4. The lowest BCUT2D eigenvalue weighted by Crippen LogP contribution is -2.30. The van der Waals surface area contributed by atoms with Crippen LogP contribution in [0, 0.1) is 0 Å². The van der Waals surface area contributed by atoms with E-state index in [9.17, 15) is 9.59 Å². The summed E-state index contributed by atoms with van der Waals surface area (Å²) in [7, 11) is 1.45. The third kappa shape index (κ3) is 5.28. The highest BCUT2D eigenvalue weighted by Crippen LogP contribution is 2.29. The number of hydrogen-bond donors (Lipinski definition) is 2. The Hall–Kier alpha value is -2.44. The molecule has 0 atom stereocenters. The molecule has 0 saturated carbocycles. The molecule has 8 heteroatoms. The average Bonchev–Trinajstić information content (AvgIpc) is 2.64. The Bertz CT molecular complexity index is 824. The van der Waals surface area contributed by atoms with E-state index in [0.717, 1.165) is 0 Å².